The molecule has 0 N–H and O–H groups in total. The van der Waals surface area contributed by atoms with Crippen LogP contribution in [0.5, 0.6) is 11.5 Å². The average molecular weight is 356 g/mol. The smallest absolute Gasteiger partial charge is 0.419 e. The molecule has 0 saturated heterocycles. The first-order valence-electron chi connectivity index (χ1n) is 7.51. The Morgan fingerprint density at radius 1 is 1.12 bits per heavy atom. The molecule has 0 bridgehead atoms. The molecule has 0 radical (unpaired) electrons. The van der Waals surface area contributed by atoms with Gasteiger partial charge >= 0.3 is 12.1 Å². The van der Waals surface area contributed by atoms with Gasteiger partial charge in [0.05, 0.1) is 11.1 Å². The number of hydrogen-bond donors (Lipinski definition) is 0. The maximum Gasteiger partial charge on any atom is 0.419 e. The molecule has 134 valence electrons. The summed E-state index contributed by atoms with van der Waals surface area (Å²) in [5, 5.41) is 0. The van der Waals surface area contributed by atoms with Crippen LogP contribution in [-0.2, 0) is 17.6 Å². The Labute approximate surface area is 142 Å². The number of carbonyl (C=O) groups is 1. The molecule has 25 heavy (non-hydrogen) atoms. The molecule has 0 amide bonds. The van der Waals surface area contributed by atoms with Crippen molar-refractivity contribution in [2.45, 2.75) is 33.1 Å². The van der Waals surface area contributed by atoms with Crippen molar-refractivity contribution >= 4 is 5.97 Å². The Morgan fingerprint density at radius 3 is 2.48 bits per heavy atom. The van der Waals surface area contributed by atoms with Gasteiger partial charge < -0.3 is 9.47 Å². The number of esters is 1. The predicted octanol–water partition coefficient (Wildman–Crippen LogP) is 5.05. The summed E-state index contributed by atoms with van der Waals surface area (Å²) in [6, 6.07) is 7.40. The van der Waals surface area contributed by atoms with Gasteiger partial charge in [-0.05, 0) is 31.2 Å². The molecule has 7 heteroatoms. The van der Waals surface area contributed by atoms with Crippen molar-refractivity contribution in [1.82, 2.24) is 0 Å². The zero-order valence-electron chi connectivity index (χ0n) is 13.6. The van der Waals surface area contributed by atoms with Crippen LogP contribution in [0.1, 0.15) is 30.0 Å². The standard InChI is InChI=1S/C18H16F4O3/c1-3-17(23)25-15-6-4-5-14(19)12(15)10-24-16-8-7-11(2)9-13(16)18(20,21)22/h4-9H,3,10H2,1-2H3. The van der Waals surface area contributed by atoms with Gasteiger partial charge in [0, 0.05) is 6.42 Å². The largest absolute Gasteiger partial charge is 0.488 e. The second-order valence-corrected chi connectivity index (χ2v) is 5.33. The van der Waals surface area contributed by atoms with E-state index in [1.54, 1.807) is 6.92 Å². The highest BCUT2D eigenvalue weighted by molar-refractivity contribution is 5.72. The van der Waals surface area contributed by atoms with Crippen LogP contribution in [0.4, 0.5) is 17.6 Å². The van der Waals surface area contributed by atoms with E-state index in [1.165, 1.54) is 31.2 Å². The SMILES string of the molecule is CCC(=O)Oc1cccc(F)c1COc1ccc(C)cc1C(F)(F)F. The topological polar surface area (TPSA) is 35.5 Å². The molecule has 2 rings (SSSR count). The van der Waals surface area contributed by atoms with Crippen molar-refractivity contribution in [2.24, 2.45) is 0 Å². The number of rotatable bonds is 5. The van der Waals surface area contributed by atoms with E-state index in [9.17, 15) is 22.4 Å². The highest BCUT2D eigenvalue weighted by Crippen LogP contribution is 2.37. The maximum absolute atomic E-state index is 14.0. The highest BCUT2D eigenvalue weighted by Gasteiger charge is 2.34. The molecule has 2 aromatic rings. The first kappa shape index (κ1) is 18.8. The number of halogens is 4. The zero-order valence-corrected chi connectivity index (χ0v) is 13.6. The normalized spacial score (nSPS) is 11.3. The van der Waals surface area contributed by atoms with Gasteiger partial charge in [-0.15, -0.1) is 0 Å². The van der Waals surface area contributed by atoms with Gasteiger partial charge in [-0.1, -0.05) is 24.6 Å². The summed E-state index contributed by atoms with van der Waals surface area (Å²) in [4.78, 5) is 11.4. The molecule has 0 atom stereocenters. The van der Waals surface area contributed by atoms with E-state index in [4.69, 9.17) is 9.47 Å². The first-order valence-corrected chi connectivity index (χ1v) is 7.51. The van der Waals surface area contributed by atoms with Gasteiger partial charge in [-0.2, -0.15) is 13.2 Å². The lowest BCUT2D eigenvalue weighted by molar-refractivity contribution is -0.139. The minimum Gasteiger partial charge on any atom is -0.488 e. The minimum absolute atomic E-state index is 0.0764. The molecule has 0 aliphatic carbocycles. The monoisotopic (exact) mass is 356 g/mol. The second kappa shape index (κ2) is 7.55. The van der Waals surface area contributed by atoms with Crippen LogP contribution in [0, 0.1) is 12.7 Å². The molecule has 0 aromatic heterocycles. The van der Waals surface area contributed by atoms with Crippen LogP contribution in [0.3, 0.4) is 0 Å². The molecule has 0 heterocycles. The Bertz CT molecular complexity index is 769. The Kier molecular flexibility index (Phi) is 5.66. The van der Waals surface area contributed by atoms with Crippen molar-refractivity contribution in [3.05, 3.63) is 58.9 Å². The van der Waals surface area contributed by atoms with E-state index in [0.717, 1.165) is 12.1 Å². The fourth-order valence-corrected chi connectivity index (χ4v) is 2.11. The van der Waals surface area contributed by atoms with E-state index < -0.39 is 35.9 Å². The molecular formula is C18H16F4O3. The van der Waals surface area contributed by atoms with E-state index in [1.807, 2.05) is 0 Å². The van der Waals surface area contributed by atoms with Crippen LogP contribution >= 0.6 is 0 Å². The van der Waals surface area contributed by atoms with Gasteiger partial charge in [0.15, 0.2) is 0 Å². The van der Waals surface area contributed by atoms with Crippen molar-refractivity contribution in [2.75, 3.05) is 0 Å². The van der Waals surface area contributed by atoms with Crippen LogP contribution in [0.15, 0.2) is 36.4 Å². The number of aryl methyl sites for hydroxylation is 1. The molecule has 3 nitrogen and oxygen atoms in total. The summed E-state index contributed by atoms with van der Waals surface area (Å²) >= 11 is 0. The van der Waals surface area contributed by atoms with Gasteiger partial charge in [-0.3, -0.25) is 4.79 Å². The van der Waals surface area contributed by atoms with E-state index >= 15 is 0 Å². The van der Waals surface area contributed by atoms with Gasteiger partial charge in [-0.25, -0.2) is 4.39 Å². The van der Waals surface area contributed by atoms with Gasteiger partial charge in [0.25, 0.3) is 0 Å². The third kappa shape index (κ3) is 4.71. The number of alkyl halides is 3. The summed E-state index contributed by atoms with van der Waals surface area (Å²) in [5.74, 6) is -1.82. The van der Waals surface area contributed by atoms with Crippen LogP contribution in [0.25, 0.3) is 0 Å². The third-order valence-corrected chi connectivity index (χ3v) is 3.40. The van der Waals surface area contributed by atoms with E-state index in [0.29, 0.717) is 5.56 Å². The van der Waals surface area contributed by atoms with Crippen LogP contribution < -0.4 is 9.47 Å². The molecule has 0 saturated carbocycles. The molecule has 2 aromatic carbocycles. The fraction of sp³-hybridized carbons (Fsp3) is 0.278. The van der Waals surface area contributed by atoms with Crippen molar-refractivity contribution in [1.29, 1.82) is 0 Å². The molecule has 0 fully saturated rings. The van der Waals surface area contributed by atoms with Gasteiger partial charge in [0.2, 0.25) is 0 Å². The van der Waals surface area contributed by atoms with E-state index in [2.05, 4.69) is 0 Å². The van der Waals surface area contributed by atoms with E-state index in [-0.39, 0.29) is 17.7 Å². The molecule has 0 spiro atoms. The number of hydrogen-bond acceptors (Lipinski definition) is 3. The molecule has 0 aliphatic heterocycles. The van der Waals surface area contributed by atoms with Crippen LogP contribution in [-0.4, -0.2) is 5.97 Å². The van der Waals surface area contributed by atoms with Crippen molar-refractivity contribution < 1.29 is 31.8 Å². The predicted molar refractivity (Wildman–Crippen MR) is 82.8 cm³/mol. The Hall–Kier alpha value is -2.57. The fourth-order valence-electron chi connectivity index (χ4n) is 2.11. The van der Waals surface area contributed by atoms with Crippen LogP contribution in [0.2, 0.25) is 0 Å². The maximum atomic E-state index is 14.0. The average Bonchev–Trinajstić information content (AvgIpc) is 2.54. The zero-order chi connectivity index (χ0) is 18.6. The van der Waals surface area contributed by atoms with Crippen molar-refractivity contribution in [3.8, 4) is 11.5 Å². The third-order valence-electron chi connectivity index (χ3n) is 3.40. The summed E-state index contributed by atoms with van der Waals surface area (Å²) in [7, 11) is 0. The van der Waals surface area contributed by atoms with Crippen molar-refractivity contribution in [3.63, 3.8) is 0 Å². The second-order valence-electron chi connectivity index (χ2n) is 5.33. The summed E-state index contributed by atoms with van der Waals surface area (Å²) in [5.41, 5.74) is -0.655. The highest BCUT2D eigenvalue weighted by atomic mass is 19.4. The minimum atomic E-state index is -4.60. The summed E-state index contributed by atoms with van der Waals surface area (Å²) in [6.07, 6.45) is -4.53. The Morgan fingerprint density at radius 2 is 1.84 bits per heavy atom. The summed E-state index contributed by atoms with van der Waals surface area (Å²) in [6.45, 7) is 2.59. The molecule has 0 unspecified atom stereocenters. The number of carbonyl (C=O) groups excluding carboxylic acids is 1. The molecular weight excluding hydrogens is 340 g/mol. The lowest BCUT2D eigenvalue weighted by atomic mass is 10.1. The lowest BCUT2D eigenvalue weighted by Gasteiger charge is -2.16. The first-order chi connectivity index (χ1) is 11.7. The Balaban J connectivity index is 2.29. The quantitative estimate of drug-likeness (QED) is 0.427. The summed E-state index contributed by atoms with van der Waals surface area (Å²) < 4.78 is 63.5. The number of benzene rings is 2. The van der Waals surface area contributed by atoms with Gasteiger partial charge in [0.1, 0.15) is 23.9 Å². The molecule has 0 aliphatic rings. The lowest BCUT2D eigenvalue weighted by Crippen LogP contribution is -2.12. The number of ether oxygens (including phenoxy) is 2.